The first-order valence-electron chi connectivity index (χ1n) is 13.8. The van der Waals surface area contributed by atoms with Crippen molar-refractivity contribution in [3.05, 3.63) is 53.6 Å². The summed E-state index contributed by atoms with van der Waals surface area (Å²) in [6.45, 7) is 5.70. The Hall–Kier alpha value is -3.60. The Labute approximate surface area is 234 Å². The molecule has 2 aliphatic rings. The Morgan fingerprint density at radius 1 is 1.12 bits per heavy atom. The highest BCUT2D eigenvalue weighted by atomic mass is 19.1. The van der Waals surface area contributed by atoms with Crippen LogP contribution in [-0.4, -0.2) is 67.6 Å². The Balaban J connectivity index is 1.58. The first kappa shape index (κ1) is 27.6. The van der Waals surface area contributed by atoms with Gasteiger partial charge in [0.05, 0.1) is 28.8 Å². The number of halogens is 4. The Kier molecular flexibility index (Phi) is 6.55. The van der Waals surface area contributed by atoms with Crippen LogP contribution in [0, 0.1) is 17.0 Å². The summed E-state index contributed by atoms with van der Waals surface area (Å²) in [7, 11) is 0. The SMILES string of the molecule is CC(C)(C)[C@]1(Cn2c(-c3[nH]c4cc(F)ccc4c3C[C@@H]3C[C@H](F)CN3)nc3cc(F)ccc32)C[C@H](F)CN1C(=O)O. The van der Waals surface area contributed by atoms with E-state index in [9.17, 15) is 23.1 Å². The fraction of sp³-hybridized carbons (Fsp3) is 0.467. The molecule has 4 heterocycles. The molecule has 11 heteroatoms. The highest BCUT2D eigenvalue weighted by Gasteiger charge is 2.56. The van der Waals surface area contributed by atoms with Gasteiger partial charge in [-0.2, -0.15) is 0 Å². The molecule has 4 aromatic rings. The van der Waals surface area contributed by atoms with Crippen LogP contribution in [-0.2, 0) is 13.0 Å². The summed E-state index contributed by atoms with van der Waals surface area (Å²) in [5, 5.41) is 14.1. The molecule has 2 aliphatic heterocycles. The van der Waals surface area contributed by atoms with Gasteiger partial charge in [0, 0.05) is 42.5 Å². The molecule has 6 rings (SSSR count). The number of aromatic nitrogens is 3. The van der Waals surface area contributed by atoms with Crippen molar-refractivity contribution in [1.82, 2.24) is 24.8 Å². The second-order valence-electron chi connectivity index (χ2n) is 12.4. The van der Waals surface area contributed by atoms with Crippen LogP contribution in [0.4, 0.5) is 22.4 Å². The number of amides is 1. The number of hydrogen-bond donors (Lipinski definition) is 3. The minimum atomic E-state index is -1.35. The van der Waals surface area contributed by atoms with Gasteiger partial charge in [-0.05, 0) is 54.2 Å². The minimum absolute atomic E-state index is 0.0161. The van der Waals surface area contributed by atoms with Gasteiger partial charge >= 0.3 is 6.09 Å². The summed E-state index contributed by atoms with van der Waals surface area (Å²) in [6.07, 6.45) is -2.80. The molecule has 1 amide bonds. The van der Waals surface area contributed by atoms with Crippen LogP contribution in [0.25, 0.3) is 33.5 Å². The van der Waals surface area contributed by atoms with E-state index in [-0.39, 0.29) is 32.1 Å². The number of likely N-dealkylation sites (tertiary alicyclic amines) is 1. The molecule has 0 saturated carbocycles. The molecule has 7 nitrogen and oxygen atoms in total. The van der Waals surface area contributed by atoms with E-state index in [1.807, 2.05) is 25.3 Å². The lowest BCUT2D eigenvalue weighted by molar-refractivity contribution is 0.0185. The topological polar surface area (TPSA) is 86.2 Å². The monoisotopic (exact) mass is 571 g/mol. The molecular weight excluding hydrogens is 538 g/mol. The lowest BCUT2D eigenvalue weighted by Gasteiger charge is -2.47. The molecule has 2 fully saturated rings. The van der Waals surface area contributed by atoms with Crippen LogP contribution < -0.4 is 5.32 Å². The van der Waals surface area contributed by atoms with Crippen molar-refractivity contribution in [2.45, 2.75) is 70.5 Å². The number of fused-ring (bicyclic) bond motifs is 2. The lowest BCUT2D eigenvalue weighted by atomic mass is 9.71. The smallest absolute Gasteiger partial charge is 0.407 e. The summed E-state index contributed by atoms with van der Waals surface area (Å²) in [6, 6.07) is 8.44. The molecule has 4 atom stereocenters. The van der Waals surface area contributed by atoms with E-state index < -0.39 is 41.0 Å². The second kappa shape index (κ2) is 9.75. The zero-order valence-electron chi connectivity index (χ0n) is 23.1. The van der Waals surface area contributed by atoms with Gasteiger partial charge in [0.2, 0.25) is 0 Å². The summed E-state index contributed by atoms with van der Waals surface area (Å²) < 4.78 is 59.6. The molecule has 0 unspecified atom stereocenters. The van der Waals surface area contributed by atoms with Gasteiger partial charge in [-0.15, -0.1) is 0 Å². The van der Waals surface area contributed by atoms with E-state index >= 15 is 4.39 Å². The fourth-order valence-corrected chi connectivity index (χ4v) is 6.79. The number of imidazole rings is 1. The summed E-state index contributed by atoms with van der Waals surface area (Å²) in [5.41, 5.74) is 0.927. The van der Waals surface area contributed by atoms with Crippen LogP contribution in [0.5, 0.6) is 0 Å². The first-order chi connectivity index (χ1) is 19.4. The zero-order chi connectivity index (χ0) is 29.3. The quantitative estimate of drug-likeness (QED) is 0.249. The molecule has 2 saturated heterocycles. The van der Waals surface area contributed by atoms with Gasteiger partial charge in [0.15, 0.2) is 5.82 Å². The fourth-order valence-electron chi connectivity index (χ4n) is 6.79. The van der Waals surface area contributed by atoms with Crippen molar-refractivity contribution in [3.63, 3.8) is 0 Å². The summed E-state index contributed by atoms with van der Waals surface area (Å²) in [4.78, 5) is 21.7. The van der Waals surface area contributed by atoms with E-state index in [4.69, 9.17) is 4.98 Å². The van der Waals surface area contributed by atoms with Gasteiger partial charge in [-0.3, -0.25) is 4.90 Å². The Bertz CT molecular complexity index is 1640. The van der Waals surface area contributed by atoms with Crippen molar-refractivity contribution in [2.24, 2.45) is 5.41 Å². The maximum atomic E-state index is 15.0. The van der Waals surface area contributed by atoms with Crippen molar-refractivity contribution >= 4 is 28.0 Å². The van der Waals surface area contributed by atoms with E-state index in [0.717, 1.165) is 10.9 Å². The molecular formula is C30H33F4N5O2. The van der Waals surface area contributed by atoms with Crippen LogP contribution in [0.1, 0.15) is 39.2 Å². The molecule has 2 aromatic heterocycles. The molecule has 0 radical (unpaired) electrons. The Morgan fingerprint density at radius 2 is 1.85 bits per heavy atom. The molecule has 218 valence electrons. The minimum Gasteiger partial charge on any atom is -0.465 e. The maximum absolute atomic E-state index is 15.0. The van der Waals surface area contributed by atoms with Gasteiger partial charge in [-0.1, -0.05) is 20.8 Å². The van der Waals surface area contributed by atoms with Crippen molar-refractivity contribution in [3.8, 4) is 11.5 Å². The maximum Gasteiger partial charge on any atom is 0.407 e. The first-order valence-corrected chi connectivity index (χ1v) is 13.8. The van der Waals surface area contributed by atoms with Crippen LogP contribution >= 0.6 is 0 Å². The van der Waals surface area contributed by atoms with Crippen molar-refractivity contribution < 1.29 is 27.5 Å². The molecule has 2 aromatic carbocycles. The molecule has 3 N–H and O–H groups in total. The van der Waals surface area contributed by atoms with E-state index in [0.29, 0.717) is 40.9 Å². The van der Waals surface area contributed by atoms with E-state index in [1.54, 1.807) is 12.1 Å². The number of benzene rings is 2. The predicted octanol–water partition coefficient (Wildman–Crippen LogP) is 6.21. The van der Waals surface area contributed by atoms with Gasteiger partial charge in [0.25, 0.3) is 0 Å². The van der Waals surface area contributed by atoms with Gasteiger partial charge in [0.1, 0.15) is 24.0 Å². The number of H-pyrrole nitrogens is 1. The zero-order valence-corrected chi connectivity index (χ0v) is 23.1. The third-order valence-corrected chi connectivity index (χ3v) is 8.92. The summed E-state index contributed by atoms with van der Waals surface area (Å²) in [5.74, 6) is -0.526. The highest BCUT2D eigenvalue weighted by molar-refractivity contribution is 5.91. The van der Waals surface area contributed by atoms with Crippen LogP contribution in [0.15, 0.2) is 36.4 Å². The standard InChI is InChI=1S/C30H33F4N5O2/c1-29(2,3)30(12-19(34)14-39(30)28(40)41)15-38-25-7-5-17(32)10-24(25)37-27(38)26-22(11-20-8-18(33)13-35-20)21-6-4-16(31)9-23(21)36-26/h4-7,9-10,18-20,35-36H,8,11-15H2,1-3H3,(H,40,41)/t18-,19-,20-,30+/m0/s1. The summed E-state index contributed by atoms with van der Waals surface area (Å²) >= 11 is 0. The van der Waals surface area contributed by atoms with Crippen LogP contribution in [0.3, 0.4) is 0 Å². The van der Waals surface area contributed by atoms with Gasteiger partial charge in [-0.25, -0.2) is 27.3 Å². The lowest BCUT2D eigenvalue weighted by Crippen LogP contribution is -2.57. The number of hydrogen-bond acceptors (Lipinski definition) is 3. The van der Waals surface area contributed by atoms with E-state index in [1.165, 1.54) is 29.2 Å². The number of rotatable bonds is 5. The molecule has 0 bridgehead atoms. The van der Waals surface area contributed by atoms with Gasteiger partial charge < -0.3 is 20.0 Å². The number of nitrogens with zero attached hydrogens (tertiary/aromatic N) is 3. The highest BCUT2D eigenvalue weighted by Crippen LogP contribution is 2.47. The number of carbonyl (C=O) groups is 1. The van der Waals surface area contributed by atoms with E-state index in [2.05, 4.69) is 10.3 Å². The third kappa shape index (κ3) is 4.64. The van der Waals surface area contributed by atoms with Crippen molar-refractivity contribution in [2.75, 3.05) is 13.1 Å². The molecule has 0 spiro atoms. The largest absolute Gasteiger partial charge is 0.465 e. The van der Waals surface area contributed by atoms with Crippen LogP contribution in [0.2, 0.25) is 0 Å². The van der Waals surface area contributed by atoms with Crippen molar-refractivity contribution in [1.29, 1.82) is 0 Å². The number of nitrogens with one attached hydrogen (secondary N) is 2. The normalized spacial score (nSPS) is 25.1. The second-order valence-corrected chi connectivity index (χ2v) is 12.4. The average Bonchev–Trinajstić information content (AvgIpc) is 3.63. The third-order valence-electron chi connectivity index (χ3n) is 8.92. The number of alkyl halides is 2. The Morgan fingerprint density at radius 3 is 2.54 bits per heavy atom. The number of aromatic amines is 1. The molecule has 41 heavy (non-hydrogen) atoms. The predicted molar refractivity (Wildman–Crippen MR) is 148 cm³/mol. The number of carboxylic acid groups (broad SMARTS) is 1. The molecule has 0 aliphatic carbocycles. The average molecular weight is 572 g/mol.